The Hall–Kier alpha value is -6.19. The number of pyridine rings is 1. The second-order valence-electron chi connectivity index (χ2n) is 11.7. The molecule has 216 valence electrons. The van der Waals surface area contributed by atoms with Crippen LogP contribution >= 0.6 is 0 Å². The van der Waals surface area contributed by atoms with Crippen molar-refractivity contribution in [2.24, 2.45) is 0 Å². The van der Waals surface area contributed by atoms with Gasteiger partial charge in [-0.25, -0.2) is 0 Å². The molecule has 0 fully saturated rings. The number of hydrogen-bond donors (Lipinski definition) is 0. The minimum absolute atomic E-state index is 0.797. The van der Waals surface area contributed by atoms with E-state index in [1.807, 2.05) is 12.3 Å². The van der Waals surface area contributed by atoms with Gasteiger partial charge in [-0.2, -0.15) is 0 Å². The summed E-state index contributed by atoms with van der Waals surface area (Å²) in [5.74, 6) is 0. The van der Waals surface area contributed by atoms with Gasteiger partial charge in [0.15, 0.2) is 5.58 Å². The molecule has 0 unspecified atom stereocenters. The molecule has 0 N–H and O–H groups in total. The van der Waals surface area contributed by atoms with Gasteiger partial charge in [-0.3, -0.25) is 4.98 Å². The average Bonchev–Trinajstić information content (AvgIpc) is 3.51. The highest BCUT2D eigenvalue weighted by Crippen LogP contribution is 2.38. The first-order valence-electron chi connectivity index (χ1n) is 15.5. The van der Waals surface area contributed by atoms with Crippen molar-refractivity contribution in [1.82, 2.24) is 4.98 Å². The Morgan fingerprint density at radius 2 is 1.00 bits per heavy atom. The van der Waals surface area contributed by atoms with Crippen LogP contribution < -0.4 is 4.90 Å². The lowest BCUT2D eigenvalue weighted by molar-refractivity contribution is 0.668. The van der Waals surface area contributed by atoms with Gasteiger partial charge in [-0.05, 0) is 92.8 Å². The Labute approximate surface area is 266 Å². The number of anilines is 3. The standard InChI is InChI=1S/C43H28N2O/c1-2-11-36(12-3-1)45(37-21-16-30(17-22-37)34-15-14-29-8-4-5-10-33(29)26-34)38-23-18-31(19-24-38)35-27-41-43(44-28-35)42-39-13-7-6-9-32(39)20-25-40(42)46-41/h1-28H. The fourth-order valence-corrected chi connectivity index (χ4v) is 6.57. The summed E-state index contributed by atoms with van der Waals surface area (Å²) in [6.45, 7) is 0. The predicted octanol–water partition coefficient (Wildman–Crippen LogP) is 12.1. The Morgan fingerprint density at radius 1 is 0.413 bits per heavy atom. The Morgan fingerprint density at radius 3 is 1.76 bits per heavy atom. The summed E-state index contributed by atoms with van der Waals surface area (Å²) in [6, 6.07) is 57.8. The molecule has 0 aliphatic heterocycles. The van der Waals surface area contributed by atoms with Crippen molar-refractivity contribution in [1.29, 1.82) is 0 Å². The fourth-order valence-electron chi connectivity index (χ4n) is 6.57. The maximum atomic E-state index is 6.29. The van der Waals surface area contributed by atoms with Crippen LogP contribution in [0.4, 0.5) is 17.1 Å². The van der Waals surface area contributed by atoms with Gasteiger partial charge in [0, 0.05) is 28.8 Å². The number of nitrogens with zero attached hydrogens (tertiary/aromatic N) is 2. The molecule has 9 aromatic rings. The Balaban J connectivity index is 1.06. The van der Waals surface area contributed by atoms with Crippen molar-refractivity contribution in [3.05, 3.63) is 170 Å². The van der Waals surface area contributed by atoms with E-state index >= 15 is 0 Å². The van der Waals surface area contributed by atoms with Crippen molar-refractivity contribution in [2.75, 3.05) is 4.90 Å². The second-order valence-corrected chi connectivity index (χ2v) is 11.7. The number of hydrogen-bond acceptors (Lipinski definition) is 3. The molecule has 0 atom stereocenters. The number of rotatable bonds is 5. The molecule has 0 amide bonds. The number of furan rings is 1. The summed E-state index contributed by atoms with van der Waals surface area (Å²) in [5, 5.41) is 5.92. The van der Waals surface area contributed by atoms with E-state index in [9.17, 15) is 0 Å². The minimum atomic E-state index is 0.797. The molecule has 3 heteroatoms. The topological polar surface area (TPSA) is 29.3 Å². The number of benzene rings is 7. The van der Waals surface area contributed by atoms with Crippen LogP contribution in [0.15, 0.2) is 174 Å². The monoisotopic (exact) mass is 588 g/mol. The van der Waals surface area contributed by atoms with Crippen LogP contribution in [0.5, 0.6) is 0 Å². The van der Waals surface area contributed by atoms with E-state index in [-0.39, 0.29) is 0 Å². The van der Waals surface area contributed by atoms with Crippen molar-refractivity contribution in [3.63, 3.8) is 0 Å². The molecule has 0 radical (unpaired) electrons. The summed E-state index contributed by atoms with van der Waals surface area (Å²) in [5.41, 5.74) is 10.4. The quantitative estimate of drug-likeness (QED) is 0.200. The first-order chi connectivity index (χ1) is 22.8. The largest absolute Gasteiger partial charge is 0.454 e. The van der Waals surface area contributed by atoms with Crippen molar-refractivity contribution in [2.45, 2.75) is 0 Å². The summed E-state index contributed by atoms with van der Waals surface area (Å²) in [4.78, 5) is 7.19. The third-order valence-electron chi connectivity index (χ3n) is 8.88. The first-order valence-corrected chi connectivity index (χ1v) is 15.5. The maximum absolute atomic E-state index is 6.29. The number of fused-ring (bicyclic) bond motifs is 6. The van der Waals surface area contributed by atoms with Crippen LogP contribution in [-0.4, -0.2) is 4.98 Å². The van der Waals surface area contributed by atoms with E-state index in [0.29, 0.717) is 0 Å². The van der Waals surface area contributed by atoms with Crippen LogP contribution in [0.1, 0.15) is 0 Å². The van der Waals surface area contributed by atoms with Crippen molar-refractivity contribution in [3.8, 4) is 22.3 Å². The normalized spacial score (nSPS) is 11.5. The molecule has 0 saturated heterocycles. The first kappa shape index (κ1) is 26.2. The highest BCUT2D eigenvalue weighted by Gasteiger charge is 2.15. The third-order valence-corrected chi connectivity index (χ3v) is 8.88. The molecular formula is C43H28N2O. The van der Waals surface area contributed by atoms with Gasteiger partial charge in [0.2, 0.25) is 0 Å². The highest BCUT2D eigenvalue weighted by atomic mass is 16.3. The van der Waals surface area contributed by atoms with E-state index in [0.717, 1.165) is 55.6 Å². The summed E-state index contributed by atoms with van der Waals surface area (Å²) < 4.78 is 6.29. The molecule has 9 rings (SSSR count). The summed E-state index contributed by atoms with van der Waals surface area (Å²) in [6.07, 6.45) is 1.95. The van der Waals surface area contributed by atoms with Crippen molar-refractivity contribution >= 4 is 60.7 Å². The summed E-state index contributed by atoms with van der Waals surface area (Å²) >= 11 is 0. The van der Waals surface area contributed by atoms with Gasteiger partial charge < -0.3 is 9.32 Å². The van der Waals surface area contributed by atoms with Crippen LogP contribution in [0.25, 0.3) is 65.9 Å². The molecule has 0 spiro atoms. The lowest BCUT2D eigenvalue weighted by Crippen LogP contribution is -2.09. The van der Waals surface area contributed by atoms with E-state index < -0.39 is 0 Å². The molecule has 0 aliphatic rings. The molecule has 0 bridgehead atoms. The van der Waals surface area contributed by atoms with Gasteiger partial charge in [-0.15, -0.1) is 0 Å². The summed E-state index contributed by atoms with van der Waals surface area (Å²) in [7, 11) is 0. The maximum Gasteiger partial charge on any atom is 0.154 e. The van der Waals surface area contributed by atoms with Crippen LogP contribution in [0, 0.1) is 0 Å². The lowest BCUT2D eigenvalue weighted by Gasteiger charge is -2.26. The molecule has 0 aliphatic carbocycles. The van der Waals surface area contributed by atoms with Gasteiger partial charge in [-0.1, -0.05) is 109 Å². The van der Waals surface area contributed by atoms with Crippen molar-refractivity contribution < 1.29 is 4.42 Å². The van der Waals surface area contributed by atoms with Crippen LogP contribution in [0.3, 0.4) is 0 Å². The third kappa shape index (κ3) is 4.49. The van der Waals surface area contributed by atoms with E-state index in [2.05, 4.69) is 163 Å². The number of aromatic nitrogens is 1. The van der Waals surface area contributed by atoms with Gasteiger partial charge in [0.05, 0.1) is 5.39 Å². The van der Waals surface area contributed by atoms with Gasteiger partial charge in [0.25, 0.3) is 0 Å². The SMILES string of the molecule is c1ccc(N(c2ccc(-c3ccc4ccccc4c3)cc2)c2ccc(-c3cnc4c(c3)oc3ccc5ccccc5c34)cc2)cc1. The lowest BCUT2D eigenvalue weighted by atomic mass is 10.0. The molecule has 46 heavy (non-hydrogen) atoms. The molecule has 7 aromatic carbocycles. The van der Waals surface area contributed by atoms with E-state index in [4.69, 9.17) is 9.40 Å². The van der Waals surface area contributed by atoms with E-state index in [1.165, 1.54) is 27.3 Å². The van der Waals surface area contributed by atoms with Gasteiger partial charge in [0.1, 0.15) is 11.1 Å². The Kier molecular flexibility index (Phi) is 6.14. The zero-order valence-electron chi connectivity index (χ0n) is 25.0. The van der Waals surface area contributed by atoms with Crippen LogP contribution in [-0.2, 0) is 0 Å². The molecule has 2 aromatic heterocycles. The Bertz CT molecular complexity index is 2510. The zero-order chi connectivity index (χ0) is 30.5. The fraction of sp³-hybridized carbons (Fsp3) is 0. The number of para-hydroxylation sites is 1. The molecule has 3 nitrogen and oxygen atoms in total. The second kappa shape index (κ2) is 10.8. The molecule has 0 saturated carbocycles. The van der Waals surface area contributed by atoms with Gasteiger partial charge >= 0.3 is 0 Å². The molecule has 2 heterocycles. The molecular weight excluding hydrogens is 560 g/mol. The predicted molar refractivity (Wildman–Crippen MR) is 192 cm³/mol. The van der Waals surface area contributed by atoms with E-state index in [1.54, 1.807) is 0 Å². The smallest absolute Gasteiger partial charge is 0.154 e. The highest BCUT2D eigenvalue weighted by molar-refractivity contribution is 6.17. The minimum Gasteiger partial charge on any atom is -0.454 e. The average molecular weight is 589 g/mol. The zero-order valence-corrected chi connectivity index (χ0v) is 25.0. The van der Waals surface area contributed by atoms with Crippen LogP contribution in [0.2, 0.25) is 0 Å².